The molecule has 0 spiro atoms. The molecule has 0 rings (SSSR count). The summed E-state index contributed by atoms with van der Waals surface area (Å²) in [7, 11) is -9.93. The lowest BCUT2D eigenvalue weighted by molar-refractivity contribution is -0.161. The fraction of sp³-hybridized carbons (Fsp3) is 0.957. The molecule has 0 bridgehead atoms. The van der Waals surface area contributed by atoms with Crippen molar-refractivity contribution in [2.45, 2.75) is 534 Å². The first-order valence-corrected chi connectivity index (χ1v) is 51.3. The van der Waals surface area contributed by atoms with Crippen molar-refractivity contribution in [3.05, 3.63) is 0 Å². The van der Waals surface area contributed by atoms with Gasteiger partial charge in [0.05, 0.1) is 26.4 Å². The van der Waals surface area contributed by atoms with Crippen LogP contribution in [-0.4, -0.2) is 96.7 Å². The predicted molar refractivity (Wildman–Crippen MR) is 465 cm³/mol. The van der Waals surface area contributed by atoms with Crippen LogP contribution in [0.5, 0.6) is 0 Å². The van der Waals surface area contributed by atoms with E-state index in [0.29, 0.717) is 25.7 Å². The molecule has 3 N–H and O–H groups in total. The SMILES string of the molecule is CCCCCCCCCCCCCCCCCCCCCCCCC(=O)O[C@H](COC(=O)CCCCCCCCCCCCCCCCCCCCCCC)COP(=O)(O)OC[C@@H](O)COP(=O)(O)OC[C@@H](COC(=O)CCCCCCCCCCC)OC(=O)CCCCCCCCCCCCCCCCCCCCCC. The van der Waals surface area contributed by atoms with Crippen LogP contribution in [0.2, 0.25) is 0 Å². The second-order valence-electron chi connectivity index (χ2n) is 33.4. The molecule has 19 heteroatoms. The molecule has 0 aromatic heterocycles. The summed E-state index contributed by atoms with van der Waals surface area (Å²) in [5.74, 6) is -2.09. The van der Waals surface area contributed by atoms with Crippen molar-refractivity contribution >= 4 is 39.5 Å². The van der Waals surface area contributed by atoms with E-state index in [1.165, 1.54) is 347 Å². The molecule has 5 atom stereocenters. The Kier molecular flexibility index (Phi) is 85.4. The summed E-state index contributed by atoms with van der Waals surface area (Å²) in [6.07, 6.45) is 85.1. The zero-order chi connectivity index (χ0) is 81.7. The molecular formula is C93H182O17P2. The Morgan fingerprint density at radius 1 is 0.214 bits per heavy atom. The number of hydrogen-bond acceptors (Lipinski definition) is 15. The lowest BCUT2D eigenvalue weighted by Gasteiger charge is -2.21. The van der Waals surface area contributed by atoms with Gasteiger partial charge in [0.25, 0.3) is 0 Å². The van der Waals surface area contributed by atoms with Crippen LogP contribution in [0, 0.1) is 0 Å². The minimum absolute atomic E-state index is 0.110. The third kappa shape index (κ3) is 85.9. The Morgan fingerprint density at radius 2 is 0.357 bits per heavy atom. The molecule has 0 aliphatic carbocycles. The van der Waals surface area contributed by atoms with Crippen LogP contribution in [0.1, 0.15) is 516 Å². The van der Waals surface area contributed by atoms with Crippen molar-refractivity contribution in [2.24, 2.45) is 0 Å². The van der Waals surface area contributed by atoms with E-state index in [1.54, 1.807) is 0 Å². The van der Waals surface area contributed by atoms with Crippen LogP contribution in [0.15, 0.2) is 0 Å². The zero-order valence-corrected chi connectivity index (χ0v) is 75.5. The van der Waals surface area contributed by atoms with Crippen molar-refractivity contribution in [1.29, 1.82) is 0 Å². The fourth-order valence-electron chi connectivity index (χ4n) is 14.8. The summed E-state index contributed by atoms with van der Waals surface area (Å²) >= 11 is 0. The maximum atomic E-state index is 13.2. The minimum atomic E-state index is -4.97. The van der Waals surface area contributed by atoms with E-state index in [1.807, 2.05) is 0 Å². The van der Waals surface area contributed by atoms with Crippen molar-refractivity contribution in [2.75, 3.05) is 39.6 Å². The Morgan fingerprint density at radius 3 is 0.527 bits per heavy atom. The largest absolute Gasteiger partial charge is 0.472 e. The second kappa shape index (κ2) is 86.9. The number of carbonyl (C=O) groups is 4. The highest BCUT2D eigenvalue weighted by Gasteiger charge is 2.31. The molecule has 2 unspecified atom stereocenters. The third-order valence-electron chi connectivity index (χ3n) is 22.1. The minimum Gasteiger partial charge on any atom is -0.462 e. The van der Waals surface area contributed by atoms with Gasteiger partial charge in [0.2, 0.25) is 0 Å². The van der Waals surface area contributed by atoms with Crippen LogP contribution >= 0.6 is 15.6 Å². The molecule has 0 fully saturated rings. The number of rotatable bonds is 94. The second-order valence-corrected chi connectivity index (χ2v) is 36.3. The molecule has 112 heavy (non-hydrogen) atoms. The van der Waals surface area contributed by atoms with E-state index in [-0.39, 0.29) is 25.7 Å². The van der Waals surface area contributed by atoms with Crippen LogP contribution in [-0.2, 0) is 65.4 Å². The molecule has 666 valence electrons. The first-order valence-electron chi connectivity index (χ1n) is 48.3. The monoisotopic (exact) mass is 1630 g/mol. The summed E-state index contributed by atoms with van der Waals surface area (Å²) in [5.41, 5.74) is 0. The first kappa shape index (κ1) is 110. The Bertz CT molecular complexity index is 2100. The third-order valence-corrected chi connectivity index (χ3v) is 24.0. The number of aliphatic hydroxyl groups excluding tert-OH is 1. The van der Waals surface area contributed by atoms with Gasteiger partial charge in [0, 0.05) is 25.7 Å². The Labute approximate surface area is 689 Å². The standard InChI is InChI=1S/C93H182O17P2/c1-5-9-13-17-21-25-28-31-34-37-40-43-45-48-51-54-57-60-64-68-72-76-80-93(98)110-89(84-104-91(96)78-74-70-66-62-58-55-52-49-47-44-41-38-35-32-29-26-22-18-14-10-6-2)86-108-112(101,102)106-82-87(94)81-105-111(99,100)107-85-88(83-103-90(95)77-73-69-65-61-24-20-16-12-8-4)109-92(97)79-75-71-67-63-59-56-53-50-46-42-39-36-33-30-27-23-19-15-11-7-3/h87-89,94H,5-86H2,1-4H3,(H,99,100)(H,101,102)/t87-,88+,89+/m0/s1. The average Bonchev–Trinajstić information content (AvgIpc) is 0.989. The zero-order valence-electron chi connectivity index (χ0n) is 73.7. The highest BCUT2D eigenvalue weighted by atomic mass is 31.2. The van der Waals surface area contributed by atoms with Gasteiger partial charge in [-0.2, -0.15) is 0 Å². The van der Waals surface area contributed by atoms with Crippen molar-refractivity contribution in [3.8, 4) is 0 Å². The summed E-state index contributed by atoms with van der Waals surface area (Å²) in [5, 5.41) is 10.7. The van der Waals surface area contributed by atoms with Gasteiger partial charge in [-0.3, -0.25) is 37.3 Å². The lowest BCUT2D eigenvalue weighted by Crippen LogP contribution is -2.30. The van der Waals surface area contributed by atoms with Crippen LogP contribution < -0.4 is 0 Å². The van der Waals surface area contributed by atoms with Gasteiger partial charge in [-0.1, -0.05) is 464 Å². The number of unbranched alkanes of at least 4 members (excludes halogenated alkanes) is 68. The number of aliphatic hydroxyl groups is 1. The van der Waals surface area contributed by atoms with Gasteiger partial charge in [-0.25, -0.2) is 9.13 Å². The Hall–Kier alpha value is -1.94. The van der Waals surface area contributed by atoms with Gasteiger partial charge < -0.3 is 33.8 Å². The number of carbonyl (C=O) groups excluding carboxylic acids is 4. The summed E-state index contributed by atoms with van der Waals surface area (Å²) in [4.78, 5) is 73.4. The highest BCUT2D eigenvalue weighted by molar-refractivity contribution is 7.47. The number of phosphoric acid groups is 2. The molecule has 0 saturated heterocycles. The van der Waals surface area contributed by atoms with E-state index < -0.39 is 97.5 Å². The summed E-state index contributed by atoms with van der Waals surface area (Å²) in [6, 6.07) is 0. The Balaban J connectivity index is 5.18. The highest BCUT2D eigenvalue weighted by Crippen LogP contribution is 2.45. The first-order chi connectivity index (χ1) is 54.7. The van der Waals surface area contributed by atoms with E-state index in [2.05, 4.69) is 27.7 Å². The molecule has 0 heterocycles. The van der Waals surface area contributed by atoms with Crippen LogP contribution in [0.3, 0.4) is 0 Å². The van der Waals surface area contributed by atoms with Gasteiger partial charge in [-0.15, -0.1) is 0 Å². The maximum absolute atomic E-state index is 13.2. The lowest BCUT2D eigenvalue weighted by atomic mass is 10.0. The van der Waals surface area contributed by atoms with E-state index in [0.717, 1.165) is 89.9 Å². The topological polar surface area (TPSA) is 237 Å². The molecule has 0 aliphatic rings. The molecule has 0 saturated carbocycles. The molecule has 0 aliphatic heterocycles. The van der Waals surface area contributed by atoms with Crippen molar-refractivity contribution in [3.63, 3.8) is 0 Å². The normalized spacial score (nSPS) is 13.6. The molecule has 0 aromatic rings. The average molecular weight is 1630 g/mol. The smallest absolute Gasteiger partial charge is 0.462 e. The van der Waals surface area contributed by atoms with E-state index >= 15 is 0 Å². The van der Waals surface area contributed by atoms with Gasteiger partial charge in [0.1, 0.15) is 19.3 Å². The number of phosphoric ester groups is 2. The molecule has 0 radical (unpaired) electrons. The quantitative estimate of drug-likeness (QED) is 0.0222. The fourth-order valence-corrected chi connectivity index (χ4v) is 16.3. The molecule has 0 aromatic carbocycles. The number of hydrogen-bond donors (Lipinski definition) is 3. The van der Waals surface area contributed by atoms with Crippen LogP contribution in [0.4, 0.5) is 0 Å². The van der Waals surface area contributed by atoms with E-state index in [4.69, 9.17) is 37.0 Å². The van der Waals surface area contributed by atoms with Crippen molar-refractivity contribution < 1.29 is 80.2 Å². The van der Waals surface area contributed by atoms with Crippen molar-refractivity contribution in [1.82, 2.24) is 0 Å². The molecule has 17 nitrogen and oxygen atoms in total. The molecule has 0 amide bonds. The number of ether oxygens (including phenoxy) is 4. The number of esters is 4. The van der Waals surface area contributed by atoms with Gasteiger partial charge in [-0.05, 0) is 25.7 Å². The van der Waals surface area contributed by atoms with Crippen LogP contribution in [0.25, 0.3) is 0 Å². The summed E-state index contributed by atoms with van der Waals surface area (Å²) < 4.78 is 69.1. The molecular weight excluding hydrogens is 1450 g/mol. The van der Waals surface area contributed by atoms with Gasteiger partial charge >= 0.3 is 39.5 Å². The van der Waals surface area contributed by atoms with Gasteiger partial charge in [0.15, 0.2) is 12.2 Å². The summed E-state index contributed by atoms with van der Waals surface area (Å²) in [6.45, 7) is 5.08. The van der Waals surface area contributed by atoms with E-state index in [9.17, 15) is 43.2 Å². The maximum Gasteiger partial charge on any atom is 0.472 e. The predicted octanol–water partition coefficient (Wildman–Crippen LogP) is 29.3.